The van der Waals surface area contributed by atoms with Gasteiger partial charge >= 0.3 is 0 Å². The van der Waals surface area contributed by atoms with Crippen LogP contribution >= 0.6 is 23.2 Å². The Kier molecular flexibility index (Phi) is 2.93. The Morgan fingerprint density at radius 3 is 2.87 bits per heavy atom. The number of aromatic nitrogens is 3. The topological polar surface area (TPSA) is 30.7 Å². The monoisotopic (exact) mass is 241 g/mol. The Labute approximate surface area is 97.6 Å². The molecule has 78 valence electrons. The number of hydrogen-bond acceptors (Lipinski definition) is 2. The highest BCUT2D eigenvalue weighted by Crippen LogP contribution is 2.19. The summed E-state index contributed by atoms with van der Waals surface area (Å²) in [6.07, 6.45) is 1.65. The third kappa shape index (κ3) is 1.98. The van der Waals surface area contributed by atoms with Gasteiger partial charge in [-0.15, -0.1) is 16.7 Å². The van der Waals surface area contributed by atoms with Gasteiger partial charge in [0.05, 0.1) is 23.5 Å². The highest BCUT2D eigenvalue weighted by molar-refractivity contribution is 6.31. The van der Waals surface area contributed by atoms with Crippen molar-refractivity contribution in [2.45, 2.75) is 12.8 Å². The minimum absolute atomic E-state index is 0.384. The van der Waals surface area contributed by atoms with E-state index in [-0.39, 0.29) is 0 Å². The first-order chi connectivity index (χ1) is 7.22. The molecule has 0 aliphatic heterocycles. The van der Waals surface area contributed by atoms with Gasteiger partial charge in [0, 0.05) is 5.02 Å². The van der Waals surface area contributed by atoms with E-state index in [0.717, 1.165) is 22.0 Å². The maximum Gasteiger partial charge on any atom is 0.0793 e. The molecule has 0 saturated carbocycles. The van der Waals surface area contributed by atoms with Crippen LogP contribution in [-0.4, -0.2) is 15.0 Å². The summed E-state index contributed by atoms with van der Waals surface area (Å²) in [4.78, 5) is 0. The van der Waals surface area contributed by atoms with Crippen LogP contribution in [-0.2, 0) is 5.88 Å². The van der Waals surface area contributed by atoms with Crippen molar-refractivity contribution in [1.82, 2.24) is 15.0 Å². The lowest BCUT2D eigenvalue weighted by molar-refractivity contribution is 0.781. The standard InChI is InChI=1S/C10H9Cl2N3/c1-7-4-8(2-3-10(7)12)15-9(5-11)6-13-14-15/h2-4,6H,5H2,1H3. The second-order valence-electron chi connectivity index (χ2n) is 3.20. The van der Waals surface area contributed by atoms with Crippen molar-refractivity contribution >= 4 is 23.2 Å². The Bertz CT molecular complexity index is 479. The van der Waals surface area contributed by atoms with E-state index in [2.05, 4.69) is 10.3 Å². The van der Waals surface area contributed by atoms with Crippen LogP contribution in [0, 0.1) is 6.92 Å². The van der Waals surface area contributed by atoms with Crippen LogP contribution in [0.3, 0.4) is 0 Å². The Balaban J connectivity index is 2.50. The molecule has 0 saturated heterocycles. The summed E-state index contributed by atoms with van der Waals surface area (Å²) < 4.78 is 1.70. The van der Waals surface area contributed by atoms with Crippen molar-refractivity contribution in [3.8, 4) is 5.69 Å². The second-order valence-corrected chi connectivity index (χ2v) is 3.88. The molecular weight excluding hydrogens is 233 g/mol. The molecule has 2 aromatic rings. The summed E-state index contributed by atoms with van der Waals surface area (Å²) in [5, 5.41) is 8.53. The number of nitrogens with zero attached hydrogens (tertiary/aromatic N) is 3. The number of hydrogen-bond donors (Lipinski definition) is 0. The van der Waals surface area contributed by atoms with Crippen LogP contribution in [0.25, 0.3) is 5.69 Å². The Morgan fingerprint density at radius 2 is 2.20 bits per heavy atom. The fraction of sp³-hybridized carbons (Fsp3) is 0.200. The molecule has 15 heavy (non-hydrogen) atoms. The number of alkyl halides is 1. The molecule has 0 atom stereocenters. The average Bonchev–Trinajstić information content (AvgIpc) is 2.70. The van der Waals surface area contributed by atoms with Crippen LogP contribution in [0.5, 0.6) is 0 Å². The minimum Gasteiger partial charge on any atom is -0.216 e. The number of aryl methyl sites for hydroxylation is 1. The van der Waals surface area contributed by atoms with Gasteiger partial charge in [0.25, 0.3) is 0 Å². The zero-order valence-electron chi connectivity index (χ0n) is 8.11. The lowest BCUT2D eigenvalue weighted by Gasteiger charge is -2.05. The molecule has 0 radical (unpaired) electrons. The maximum absolute atomic E-state index is 5.94. The molecule has 2 rings (SSSR count). The summed E-state index contributed by atoms with van der Waals surface area (Å²) in [6.45, 7) is 1.95. The molecule has 3 nitrogen and oxygen atoms in total. The van der Waals surface area contributed by atoms with Crippen LogP contribution in [0.4, 0.5) is 0 Å². The third-order valence-corrected chi connectivity index (χ3v) is 2.84. The van der Waals surface area contributed by atoms with Crippen molar-refractivity contribution in [3.63, 3.8) is 0 Å². The molecule has 0 amide bonds. The van der Waals surface area contributed by atoms with Crippen molar-refractivity contribution in [1.29, 1.82) is 0 Å². The molecule has 0 spiro atoms. The lowest BCUT2D eigenvalue weighted by Crippen LogP contribution is -2.01. The van der Waals surface area contributed by atoms with Gasteiger partial charge in [-0.25, -0.2) is 4.68 Å². The van der Waals surface area contributed by atoms with E-state index in [1.54, 1.807) is 10.9 Å². The van der Waals surface area contributed by atoms with E-state index in [4.69, 9.17) is 23.2 Å². The number of benzene rings is 1. The molecule has 1 aromatic carbocycles. The molecule has 1 aromatic heterocycles. The van der Waals surface area contributed by atoms with Crippen LogP contribution < -0.4 is 0 Å². The molecule has 0 unspecified atom stereocenters. The molecule has 5 heteroatoms. The van der Waals surface area contributed by atoms with E-state index < -0.39 is 0 Å². The largest absolute Gasteiger partial charge is 0.216 e. The van der Waals surface area contributed by atoms with Crippen molar-refractivity contribution in [2.75, 3.05) is 0 Å². The predicted octanol–water partition coefficient (Wildman–Crippen LogP) is 2.97. The van der Waals surface area contributed by atoms with E-state index in [1.165, 1.54) is 0 Å². The van der Waals surface area contributed by atoms with Gasteiger partial charge in [-0.2, -0.15) is 0 Å². The number of rotatable bonds is 2. The summed E-state index contributed by atoms with van der Waals surface area (Å²) in [6, 6.07) is 5.68. The van der Waals surface area contributed by atoms with E-state index in [0.29, 0.717) is 5.88 Å². The second kappa shape index (κ2) is 4.21. The Morgan fingerprint density at radius 1 is 1.40 bits per heavy atom. The van der Waals surface area contributed by atoms with Crippen LogP contribution in [0.15, 0.2) is 24.4 Å². The average molecular weight is 242 g/mol. The first-order valence-electron chi connectivity index (χ1n) is 4.44. The third-order valence-electron chi connectivity index (χ3n) is 2.14. The van der Waals surface area contributed by atoms with E-state index in [1.807, 2.05) is 25.1 Å². The van der Waals surface area contributed by atoms with Crippen molar-refractivity contribution in [2.24, 2.45) is 0 Å². The molecule has 1 heterocycles. The zero-order valence-corrected chi connectivity index (χ0v) is 9.63. The van der Waals surface area contributed by atoms with Crippen molar-refractivity contribution < 1.29 is 0 Å². The van der Waals surface area contributed by atoms with E-state index >= 15 is 0 Å². The van der Waals surface area contributed by atoms with Gasteiger partial charge in [0.2, 0.25) is 0 Å². The minimum atomic E-state index is 0.384. The summed E-state index contributed by atoms with van der Waals surface area (Å²) in [7, 11) is 0. The predicted molar refractivity (Wildman–Crippen MR) is 60.7 cm³/mol. The SMILES string of the molecule is Cc1cc(-n2nncc2CCl)ccc1Cl. The smallest absolute Gasteiger partial charge is 0.0793 e. The fourth-order valence-corrected chi connectivity index (χ4v) is 1.63. The molecule has 0 N–H and O–H groups in total. The Hall–Kier alpha value is -1.06. The number of halogens is 2. The quantitative estimate of drug-likeness (QED) is 0.758. The summed E-state index contributed by atoms with van der Waals surface area (Å²) in [5.41, 5.74) is 2.79. The summed E-state index contributed by atoms with van der Waals surface area (Å²) in [5.74, 6) is 0.384. The fourth-order valence-electron chi connectivity index (χ4n) is 1.33. The zero-order chi connectivity index (χ0) is 10.8. The molecule has 0 bridgehead atoms. The first kappa shape index (κ1) is 10.5. The normalized spacial score (nSPS) is 10.6. The van der Waals surface area contributed by atoms with Gasteiger partial charge in [0.15, 0.2) is 0 Å². The molecular formula is C10H9Cl2N3. The van der Waals surface area contributed by atoms with Gasteiger partial charge in [0.1, 0.15) is 0 Å². The van der Waals surface area contributed by atoms with E-state index in [9.17, 15) is 0 Å². The van der Waals surface area contributed by atoms with Gasteiger partial charge < -0.3 is 0 Å². The van der Waals surface area contributed by atoms with Gasteiger partial charge in [-0.3, -0.25) is 0 Å². The lowest BCUT2D eigenvalue weighted by atomic mass is 10.2. The molecule has 0 aliphatic carbocycles. The van der Waals surface area contributed by atoms with Crippen LogP contribution in [0.1, 0.15) is 11.3 Å². The molecule has 0 fully saturated rings. The summed E-state index contributed by atoms with van der Waals surface area (Å²) >= 11 is 11.7. The van der Waals surface area contributed by atoms with Gasteiger partial charge in [-0.1, -0.05) is 16.8 Å². The van der Waals surface area contributed by atoms with Gasteiger partial charge in [-0.05, 0) is 30.7 Å². The highest BCUT2D eigenvalue weighted by Gasteiger charge is 2.05. The maximum atomic E-state index is 5.94. The van der Waals surface area contributed by atoms with Crippen molar-refractivity contribution in [3.05, 3.63) is 40.7 Å². The highest BCUT2D eigenvalue weighted by atomic mass is 35.5. The first-order valence-corrected chi connectivity index (χ1v) is 5.35. The van der Waals surface area contributed by atoms with Crippen LogP contribution in [0.2, 0.25) is 5.02 Å². The molecule has 0 aliphatic rings.